The molecule has 0 spiro atoms. The predicted molar refractivity (Wildman–Crippen MR) is 86.1 cm³/mol. The fraction of sp³-hybridized carbons (Fsp3) is 0.500. The summed E-state index contributed by atoms with van der Waals surface area (Å²) < 4.78 is 0. The van der Waals surface area contributed by atoms with E-state index in [-0.39, 0.29) is 17.9 Å². The van der Waals surface area contributed by atoms with Gasteiger partial charge in [0.1, 0.15) is 0 Å². The first kappa shape index (κ1) is 16.8. The Bertz CT molecular complexity index is 575. The lowest BCUT2D eigenvalue weighted by Crippen LogP contribution is -2.37. The van der Waals surface area contributed by atoms with E-state index in [0.29, 0.717) is 29.2 Å². The zero-order valence-corrected chi connectivity index (χ0v) is 13.6. The predicted octanol–water partition coefficient (Wildman–Crippen LogP) is 2.67. The van der Waals surface area contributed by atoms with Crippen molar-refractivity contribution in [3.8, 4) is 0 Å². The first-order valence-corrected chi connectivity index (χ1v) is 7.82. The summed E-state index contributed by atoms with van der Waals surface area (Å²) >= 11 is 6.15. The molecule has 1 aliphatic heterocycles. The Morgan fingerprint density at radius 1 is 1.50 bits per heavy atom. The van der Waals surface area contributed by atoms with E-state index in [1.165, 1.54) is 6.92 Å². The fourth-order valence-electron chi connectivity index (χ4n) is 2.87. The number of benzene rings is 1. The van der Waals surface area contributed by atoms with Crippen LogP contribution in [0.4, 0.5) is 5.69 Å². The SMILES string of the molecule is CC(=O)Nc1ccc(Cl)c(C(=O)N2CCCC2CC(C)O)c1. The Morgan fingerprint density at radius 2 is 2.23 bits per heavy atom. The van der Waals surface area contributed by atoms with Crippen molar-refractivity contribution in [3.05, 3.63) is 28.8 Å². The van der Waals surface area contributed by atoms with Crippen molar-refractivity contribution in [2.45, 2.75) is 45.3 Å². The molecule has 1 saturated heterocycles. The van der Waals surface area contributed by atoms with Gasteiger partial charge in [-0.15, -0.1) is 0 Å². The van der Waals surface area contributed by atoms with Crippen LogP contribution >= 0.6 is 11.6 Å². The van der Waals surface area contributed by atoms with Crippen LogP contribution in [0.2, 0.25) is 5.02 Å². The van der Waals surface area contributed by atoms with Crippen LogP contribution in [0, 0.1) is 0 Å². The molecule has 0 saturated carbocycles. The molecule has 1 aromatic carbocycles. The second kappa shape index (κ2) is 7.11. The van der Waals surface area contributed by atoms with Gasteiger partial charge in [0.2, 0.25) is 5.91 Å². The highest BCUT2D eigenvalue weighted by Crippen LogP contribution is 2.28. The summed E-state index contributed by atoms with van der Waals surface area (Å²) in [6.45, 7) is 3.80. The van der Waals surface area contributed by atoms with E-state index in [1.54, 1.807) is 30.0 Å². The van der Waals surface area contributed by atoms with Crippen LogP contribution in [0.25, 0.3) is 0 Å². The normalized spacial score (nSPS) is 19.1. The smallest absolute Gasteiger partial charge is 0.255 e. The van der Waals surface area contributed by atoms with Gasteiger partial charge in [0.05, 0.1) is 16.7 Å². The molecule has 2 rings (SSSR count). The highest BCUT2D eigenvalue weighted by molar-refractivity contribution is 6.34. The topological polar surface area (TPSA) is 69.6 Å². The van der Waals surface area contributed by atoms with E-state index < -0.39 is 6.10 Å². The number of anilines is 1. The van der Waals surface area contributed by atoms with Gasteiger partial charge in [-0.2, -0.15) is 0 Å². The third-order valence-corrected chi connectivity index (χ3v) is 4.10. The third-order valence-electron chi connectivity index (χ3n) is 3.77. The summed E-state index contributed by atoms with van der Waals surface area (Å²) in [5, 5.41) is 12.6. The van der Waals surface area contributed by atoms with E-state index in [2.05, 4.69) is 5.32 Å². The lowest BCUT2D eigenvalue weighted by Gasteiger charge is -2.26. The number of likely N-dealkylation sites (tertiary alicyclic amines) is 1. The molecule has 1 aliphatic rings. The molecule has 2 atom stereocenters. The minimum Gasteiger partial charge on any atom is -0.393 e. The van der Waals surface area contributed by atoms with E-state index in [4.69, 9.17) is 11.6 Å². The molecule has 1 aromatic rings. The Hall–Kier alpha value is -1.59. The summed E-state index contributed by atoms with van der Waals surface area (Å²) in [5.74, 6) is -0.353. The Kier molecular flexibility index (Phi) is 5.42. The molecule has 0 aliphatic carbocycles. The largest absolute Gasteiger partial charge is 0.393 e. The molecule has 120 valence electrons. The number of carbonyl (C=O) groups is 2. The Morgan fingerprint density at radius 3 is 2.86 bits per heavy atom. The van der Waals surface area contributed by atoms with Gasteiger partial charge < -0.3 is 15.3 Å². The van der Waals surface area contributed by atoms with Gasteiger partial charge in [0, 0.05) is 25.2 Å². The highest BCUT2D eigenvalue weighted by atomic mass is 35.5. The monoisotopic (exact) mass is 324 g/mol. The van der Waals surface area contributed by atoms with E-state index in [1.807, 2.05) is 0 Å². The first-order chi connectivity index (χ1) is 10.4. The molecule has 2 N–H and O–H groups in total. The molecule has 1 fully saturated rings. The van der Waals surface area contributed by atoms with Crippen LogP contribution in [-0.2, 0) is 4.79 Å². The summed E-state index contributed by atoms with van der Waals surface area (Å²) in [4.78, 5) is 25.7. The zero-order valence-electron chi connectivity index (χ0n) is 12.8. The highest BCUT2D eigenvalue weighted by Gasteiger charge is 2.31. The van der Waals surface area contributed by atoms with Gasteiger partial charge in [0.15, 0.2) is 0 Å². The van der Waals surface area contributed by atoms with Crippen LogP contribution in [0.15, 0.2) is 18.2 Å². The number of hydrogen-bond donors (Lipinski definition) is 2. The Balaban J connectivity index is 2.22. The number of amides is 2. The van der Waals surface area contributed by atoms with Crippen molar-refractivity contribution in [2.24, 2.45) is 0 Å². The summed E-state index contributed by atoms with van der Waals surface area (Å²) in [7, 11) is 0. The molecular formula is C16H21ClN2O3. The number of nitrogens with one attached hydrogen (secondary N) is 1. The maximum atomic E-state index is 12.7. The molecule has 0 radical (unpaired) electrons. The molecular weight excluding hydrogens is 304 g/mol. The molecule has 0 aromatic heterocycles. The van der Waals surface area contributed by atoms with Crippen molar-refractivity contribution in [1.29, 1.82) is 0 Å². The molecule has 6 heteroatoms. The zero-order chi connectivity index (χ0) is 16.3. The molecule has 1 heterocycles. The lowest BCUT2D eigenvalue weighted by molar-refractivity contribution is -0.114. The van der Waals surface area contributed by atoms with Crippen molar-refractivity contribution >= 4 is 29.1 Å². The Labute approximate surface area is 135 Å². The number of nitrogens with zero attached hydrogens (tertiary/aromatic N) is 1. The fourth-order valence-corrected chi connectivity index (χ4v) is 3.07. The average Bonchev–Trinajstić information content (AvgIpc) is 2.87. The van der Waals surface area contributed by atoms with Gasteiger partial charge >= 0.3 is 0 Å². The number of aliphatic hydroxyl groups excluding tert-OH is 1. The second-order valence-electron chi connectivity index (χ2n) is 5.76. The standard InChI is InChI=1S/C16H21ClN2O3/c1-10(20)8-13-4-3-7-19(13)16(22)14-9-12(18-11(2)21)5-6-15(14)17/h5-6,9-10,13,20H,3-4,7-8H2,1-2H3,(H,18,21). The van der Waals surface area contributed by atoms with E-state index in [0.717, 1.165) is 12.8 Å². The average molecular weight is 325 g/mol. The first-order valence-electron chi connectivity index (χ1n) is 7.44. The molecule has 22 heavy (non-hydrogen) atoms. The summed E-state index contributed by atoms with van der Waals surface area (Å²) in [5.41, 5.74) is 0.928. The van der Waals surface area contributed by atoms with Crippen LogP contribution < -0.4 is 5.32 Å². The van der Waals surface area contributed by atoms with Crippen molar-refractivity contribution < 1.29 is 14.7 Å². The second-order valence-corrected chi connectivity index (χ2v) is 6.16. The minimum absolute atomic E-state index is 0.0352. The van der Waals surface area contributed by atoms with Crippen molar-refractivity contribution in [2.75, 3.05) is 11.9 Å². The maximum absolute atomic E-state index is 12.7. The summed E-state index contributed by atoms with van der Waals surface area (Å²) in [6.07, 6.45) is 1.93. The molecule has 2 amide bonds. The number of rotatable bonds is 4. The summed E-state index contributed by atoms with van der Waals surface area (Å²) in [6, 6.07) is 4.91. The van der Waals surface area contributed by atoms with Gasteiger partial charge in [0.25, 0.3) is 5.91 Å². The number of carbonyl (C=O) groups excluding carboxylic acids is 2. The molecule has 0 bridgehead atoms. The van der Waals surface area contributed by atoms with Crippen LogP contribution in [0.1, 0.15) is 43.5 Å². The maximum Gasteiger partial charge on any atom is 0.255 e. The van der Waals surface area contributed by atoms with E-state index >= 15 is 0 Å². The van der Waals surface area contributed by atoms with E-state index in [9.17, 15) is 14.7 Å². The van der Waals surface area contributed by atoms with Crippen LogP contribution in [0.3, 0.4) is 0 Å². The number of aliphatic hydroxyl groups is 1. The van der Waals surface area contributed by atoms with Gasteiger partial charge in [-0.1, -0.05) is 11.6 Å². The minimum atomic E-state index is -0.445. The third kappa shape index (κ3) is 3.99. The lowest BCUT2D eigenvalue weighted by atomic mass is 10.1. The van der Waals surface area contributed by atoms with Gasteiger partial charge in [-0.05, 0) is 44.4 Å². The van der Waals surface area contributed by atoms with Crippen molar-refractivity contribution in [1.82, 2.24) is 4.90 Å². The quantitative estimate of drug-likeness (QED) is 0.894. The molecule has 5 nitrogen and oxygen atoms in total. The van der Waals surface area contributed by atoms with Crippen molar-refractivity contribution in [3.63, 3.8) is 0 Å². The van der Waals surface area contributed by atoms with Gasteiger partial charge in [-0.3, -0.25) is 9.59 Å². The number of hydrogen-bond acceptors (Lipinski definition) is 3. The number of halogens is 1. The van der Waals surface area contributed by atoms with Crippen LogP contribution in [0.5, 0.6) is 0 Å². The van der Waals surface area contributed by atoms with Gasteiger partial charge in [-0.25, -0.2) is 0 Å². The molecule has 2 unspecified atom stereocenters. The van der Waals surface area contributed by atoms with Crippen LogP contribution in [-0.4, -0.2) is 40.5 Å².